The summed E-state index contributed by atoms with van der Waals surface area (Å²) in [6.07, 6.45) is 3.40. The van der Waals surface area contributed by atoms with Gasteiger partial charge < -0.3 is 15.4 Å². The standard InChI is InChI=1S/C18H17ClFN3O3/c1-12(18(25)23-13-5-7-21-8-6-13)4-9-22-17(24)11-26-14-2-3-15(19)16(20)10-14/h2-3,5-8,10H,1,4,9,11H2,(H,22,24)(H,21,23,25). The Bertz CT molecular complexity index is 800. The molecule has 0 fully saturated rings. The molecule has 0 aliphatic rings. The van der Waals surface area contributed by atoms with Crippen LogP contribution in [0.15, 0.2) is 54.9 Å². The maximum absolute atomic E-state index is 13.3. The number of anilines is 1. The second kappa shape index (κ2) is 9.53. The fourth-order valence-corrected chi connectivity index (χ4v) is 2.01. The molecular formula is C18H17ClFN3O3. The summed E-state index contributed by atoms with van der Waals surface area (Å²) < 4.78 is 18.4. The van der Waals surface area contributed by atoms with Gasteiger partial charge in [-0.05, 0) is 30.7 Å². The highest BCUT2D eigenvalue weighted by atomic mass is 35.5. The van der Waals surface area contributed by atoms with Gasteiger partial charge in [-0.15, -0.1) is 0 Å². The highest BCUT2D eigenvalue weighted by Crippen LogP contribution is 2.20. The van der Waals surface area contributed by atoms with Gasteiger partial charge in [0, 0.05) is 36.3 Å². The predicted molar refractivity (Wildman–Crippen MR) is 96.5 cm³/mol. The lowest BCUT2D eigenvalue weighted by molar-refractivity contribution is -0.123. The summed E-state index contributed by atoms with van der Waals surface area (Å²) in [5.41, 5.74) is 0.932. The predicted octanol–water partition coefficient (Wildman–Crippen LogP) is 2.95. The number of benzene rings is 1. The molecule has 8 heteroatoms. The Kier molecular flexibility index (Phi) is 7.11. The van der Waals surface area contributed by atoms with Gasteiger partial charge in [0.05, 0.1) is 5.02 Å². The Morgan fingerprint density at radius 1 is 1.23 bits per heavy atom. The van der Waals surface area contributed by atoms with E-state index in [4.69, 9.17) is 16.3 Å². The number of rotatable bonds is 8. The molecule has 0 saturated carbocycles. The molecule has 2 amide bonds. The first-order chi connectivity index (χ1) is 12.5. The van der Waals surface area contributed by atoms with Crippen LogP contribution in [0, 0.1) is 5.82 Å². The van der Waals surface area contributed by atoms with E-state index in [0.29, 0.717) is 11.3 Å². The number of nitrogens with zero attached hydrogens (tertiary/aromatic N) is 1. The summed E-state index contributed by atoms with van der Waals surface area (Å²) in [4.78, 5) is 27.5. The first-order valence-corrected chi connectivity index (χ1v) is 8.07. The van der Waals surface area contributed by atoms with Crippen LogP contribution in [0.3, 0.4) is 0 Å². The number of halogens is 2. The monoisotopic (exact) mass is 377 g/mol. The van der Waals surface area contributed by atoms with E-state index < -0.39 is 11.7 Å². The van der Waals surface area contributed by atoms with Crippen molar-refractivity contribution < 1.29 is 18.7 Å². The minimum Gasteiger partial charge on any atom is -0.484 e. The quantitative estimate of drug-likeness (QED) is 0.693. The van der Waals surface area contributed by atoms with Gasteiger partial charge in [0.25, 0.3) is 11.8 Å². The average molecular weight is 378 g/mol. The van der Waals surface area contributed by atoms with E-state index in [1.165, 1.54) is 12.1 Å². The van der Waals surface area contributed by atoms with Crippen molar-refractivity contribution in [2.24, 2.45) is 0 Å². The van der Waals surface area contributed by atoms with E-state index in [1.807, 2.05) is 0 Å². The Hall–Kier alpha value is -2.93. The molecule has 0 aliphatic heterocycles. The zero-order chi connectivity index (χ0) is 18.9. The van der Waals surface area contributed by atoms with Gasteiger partial charge >= 0.3 is 0 Å². The number of hydrogen-bond donors (Lipinski definition) is 2. The van der Waals surface area contributed by atoms with E-state index in [1.54, 1.807) is 24.5 Å². The molecule has 1 heterocycles. The lowest BCUT2D eigenvalue weighted by Gasteiger charge is -2.09. The zero-order valence-electron chi connectivity index (χ0n) is 13.8. The summed E-state index contributed by atoms with van der Waals surface area (Å²) in [6.45, 7) is 3.64. The molecule has 26 heavy (non-hydrogen) atoms. The first-order valence-electron chi connectivity index (χ1n) is 7.69. The van der Waals surface area contributed by atoms with E-state index >= 15 is 0 Å². The van der Waals surface area contributed by atoms with Crippen molar-refractivity contribution >= 4 is 29.1 Å². The molecule has 0 spiro atoms. The Labute approximate surface area is 155 Å². The highest BCUT2D eigenvalue weighted by molar-refractivity contribution is 6.30. The molecule has 0 saturated heterocycles. The van der Waals surface area contributed by atoms with Crippen LogP contribution in [0.5, 0.6) is 5.75 Å². The summed E-state index contributed by atoms with van der Waals surface area (Å²) >= 11 is 5.56. The Balaban J connectivity index is 1.68. The number of nitrogens with one attached hydrogen (secondary N) is 2. The van der Waals surface area contributed by atoms with Gasteiger partial charge in [-0.3, -0.25) is 14.6 Å². The molecule has 136 valence electrons. The van der Waals surface area contributed by atoms with E-state index in [9.17, 15) is 14.0 Å². The minimum absolute atomic E-state index is 0.0228. The molecular weight excluding hydrogens is 361 g/mol. The normalized spacial score (nSPS) is 10.1. The van der Waals surface area contributed by atoms with E-state index in [-0.39, 0.29) is 36.3 Å². The Morgan fingerprint density at radius 3 is 2.65 bits per heavy atom. The summed E-state index contributed by atoms with van der Waals surface area (Å²) in [7, 11) is 0. The van der Waals surface area contributed by atoms with Gasteiger partial charge in [0.2, 0.25) is 0 Å². The van der Waals surface area contributed by atoms with Crippen LogP contribution in [0.1, 0.15) is 6.42 Å². The van der Waals surface area contributed by atoms with Crippen molar-refractivity contribution in [3.8, 4) is 5.75 Å². The second-order valence-corrected chi connectivity index (χ2v) is 5.67. The maximum Gasteiger partial charge on any atom is 0.257 e. The third kappa shape index (κ3) is 6.18. The molecule has 6 nitrogen and oxygen atoms in total. The van der Waals surface area contributed by atoms with Crippen LogP contribution in [0.2, 0.25) is 5.02 Å². The zero-order valence-corrected chi connectivity index (χ0v) is 14.6. The molecule has 1 aromatic heterocycles. The van der Waals surface area contributed by atoms with Crippen molar-refractivity contribution in [1.29, 1.82) is 0 Å². The van der Waals surface area contributed by atoms with Gasteiger partial charge in [-0.1, -0.05) is 18.2 Å². The number of hydrogen-bond acceptors (Lipinski definition) is 4. The van der Waals surface area contributed by atoms with Crippen molar-refractivity contribution in [2.45, 2.75) is 6.42 Å². The summed E-state index contributed by atoms with van der Waals surface area (Å²) in [5.74, 6) is -1.16. The Morgan fingerprint density at radius 2 is 1.96 bits per heavy atom. The van der Waals surface area contributed by atoms with E-state index in [2.05, 4.69) is 22.2 Å². The van der Waals surface area contributed by atoms with Gasteiger partial charge in [-0.25, -0.2) is 4.39 Å². The van der Waals surface area contributed by atoms with Crippen molar-refractivity contribution in [1.82, 2.24) is 10.3 Å². The molecule has 2 rings (SSSR count). The molecule has 0 aliphatic carbocycles. The number of carbonyl (C=O) groups excluding carboxylic acids is 2. The first kappa shape index (κ1) is 19.4. The molecule has 2 aromatic rings. The topological polar surface area (TPSA) is 80.3 Å². The largest absolute Gasteiger partial charge is 0.484 e. The second-order valence-electron chi connectivity index (χ2n) is 5.26. The molecule has 0 radical (unpaired) electrons. The number of carbonyl (C=O) groups is 2. The van der Waals surface area contributed by atoms with Crippen LogP contribution in [-0.4, -0.2) is 29.9 Å². The fourth-order valence-electron chi connectivity index (χ4n) is 1.89. The third-order valence-corrected chi connectivity index (χ3v) is 3.58. The SMILES string of the molecule is C=C(CCNC(=O)COc1ccc(Cl)c(F)c1)C(=O)Nc1ccncc1. The highest BCUT2D eigenvalue weighted by Gasteiger charge is 2.09. The molecule has 1 aromatic carbocycles. The number of ether oxygens (including phenoxy) is 1. The number of pyridine rings is 1. The molecule has 2 N–H and O–H groups in total. The number of aromatic nitrogens is 1. The van der Waals surface area contributed by atoms with Crippen molar-refractivity contribution in [3.05, 3.63) is 65.7 Å². The van der Waals surface area contributed by atoms with Crippen molar-refractivity contribution in [3.63, 3.8) is 0 Å². The van der Waals surface area contributed by atoms with Crippen LogP contribution in [-0.2, 0) is 9.59 Å². The summed E-state index contributed by atoms with van der Waals surface area (Å²) in [5, 5.41) is 5.25. The molecule has 0 unspecified atom stereocenters. The van der Waals surface area contributed by atoms with Crippen LogP contribution >= 0.6 is 11.6 Å². The third-order valence-electron chi connectivity index (χ3n) is 3.27. The van der Waals surface area contributed by atoms with Crippen LogP contribution < -0.4 is 15.4 Å². The molecule has 0 atom stereocenters. The smallest absolute Gasteiger partial charge is 0.257 e. The van der Waals surface area contributed by atoms with Gasteiger partial charge in [0.15, 0.2) is 6.61 Å². The number of amides is 2. The lowest BCUT2D eigenvalue weighted by atomic mass is 10.2. The van der Waals surface area contributed by atoms with Crippen molar-refractivity contribution in [2.75, 3.05) is 18.5 Å². The van der Waals surface area contributed by atoms with E-state index in [0.717, 1.165) is 6.07 Å². The fraction of sp³-hybridized carbons (Fsp3) is 0.167. The van der Waals surface area contributed by atoms with Crippen LogP contribution in [0.4, 0.5) is 10.1 Å². The van der Waals surface area contributed by atoms with Gasteiger partial charge in [-0.2, -0.15) is 0 Å². The van der Waals surface area contributed by atoms with Gasteiger partial charge in [0.1, 0.15) is 11.6 Å². The minimum atomic E-state index is -0.624. The average Bonchev–Trinajstić information content (AvgIpc) is 2.63. The molecule has 0 bridgehead atoms. The van der Waals surface area contributed by atoms with Crippen LogP contribution in [0.25, 0.3) is 0 Å². The lowest BCUT2D eigenvalue weighted by Crippen LogP contribution is -2.30. The maximum atomic E-state index is 13.3. The summed E-state index contributed by atoms with van der Waals surface area (Å²) in [6, 6.07) is 7.22.